The summed E-state index contributed by atoms with van der Waals surface area (Å²) in [5, 5.41) is 4.07. The zero-order valence-electron chi connectivity index (χ0n) is 68.2. The van der Waals surface area contributed by atoms with Crippen LogP contribution >= 0.6 is 7.26 Å². The Balaban J connectivity index is 0.000000131. The lowest BCUT2D eigenvalue weighted by atomic mass is 9.56. The minimum Gasteiger partial charge on any atom is -1.00 e. The maximum Gasteiger partial charge on any atom is 0.309 e. The van der Waals surface area contributed by atoms with E-state index in [0.717, 1.165) is 115 Å². The first kappa shape index (κ1) is 85.5. The number of ether oxygens (including phenoxy) is 5. The largest absolute Gasteiger partial charge is 1.00 e. The van der Waals surface area contributed by atoms with E-state index in [-0.39, 0.29) is 119 Å². The van der Waals surface area contributed by atoms with Gasteiger partial charge < -0.3 is 41.8 Å². The minimum absolute atomic E-state index is 0. The molecule has 18 rings (SSSR count). The van der Waals surface area contributed by atoms with Crippen LogP contribution in [0.3, 0.4) is 0 Å². The number of methoxy groups -OCH3 is 2. The Morgan fingerprint density at radius 3 is 1.18 bits per heavy atom. The number of carbonyl (C=O) groups excluding carboxylic acids is 4. The van der Waals surface area contributed by atoms with Crippen molar-refractivity contribution in [3.05, 3.63) is 283 Å². The van der Waals surface area contributed by atoms with Crippen molar-refractivity contribution < 1.29 is 68.4 Å². The Bertz CT molecular complexity index is 4980. The van der Waals surface area contributed by atoms with Crippen LogP contribution in [0.15, 0.2) is 249 Å². The molecule has 18 heteroatoms. The molecule has 9 fully saturated rings. The fraction of sp³-hybridized carbons (Fsp3) is 0.376. The molecule has 13 nitrogen and oxygen atoms in total. The van der Waals surface area contributed by atoms with Crippen molar-refractivity contribution in [3.8, 4) is 33.4 Å². The predicted molar refractivity (Wildman–Crippen MR) is 460 cm³/mol. The molecule has 6 heterocycles. The molecule has 3 aromatic heterocycles. The second kappa shape index (κ2) is 39.1. The van der Waals surface area contributed by atoms with Gasteiger partial charge in [0.15, 0.2) is 6.35 Å². The lowest BCUT2D eigenvalue weighted by molar-refractivity contribution is -0.145. The van der Waals surface area contributed by atoms with E-state index in [1.807, 2.05) is 87.7 Å². The highest BCUT2D eigenvalue weighted by molar-refractivity contribution is 7.95. The van der Waals surface area contributed by atoms with E-state index in [1.165, 1.54) is 64.3 Å². The quantitative estimate of drug-likeness (QED) is 0.0418. The van der Waals surface area contributed by atoms with Gasteiger partial charge >= 0.3 is 17.9 Å². The molecule has 2 N–H and O–H groups in total. The Hall–Kier alpha value is -9.96. The number of carbonyl (C=O) groups is 4. The van der Waals surface area contributed by atoms with Crippen LogP contribution in [0.25, 0.3) is 51.6 Å². The summed E-state index contributed by atoms with van der Waals surface area (Å²) < 4.78 is 68.5. The van der Waals surface area contributed by atoms with Crippen LogP contribution in [0.4, 0.5) is 13.2 Å². The first-order valence-corrected chi connectivity index (χ1v) is 44.2. The van der Waals surface area contributed by atoms with Crippen molar-refractivity contribution in [2.45, 2.75) is 116 Å². The standard InChI is InChI=1S/C28H30FNO3.C27H31FN2O2.C26H26FNO3.C20H20OP.ClH/c1-17-27-25(11-9-23-8-7-20(15-30-23)19-4-3-5-22(29)13-19)24-10-6-18(16-32-2)12-21(24)14-26(27)28(31)33-17;1-16-26-24(23-9-5-17(14-29)11-20(23)13-25(26)27(31)32-16)10-8-22-7-6-19(15-30-22)18-3-2-4-21(28)12-18;1-15-25-23(22-10-8-21(29)12-18(22)13-24(25)26(30)31-15)9-7-20-6-5-17(14-28-20)16-3-2-4-19(27)11-16;1-21-17-22(18-11-5-2-6-12-18,19-13-7-3-8-14-19)20-15-9-4-10-16-20;/h3-5,7-9,11,13,15-17,21,24-27H,6,10,12,14H2,1-2H3;2-4,6-8,10,12,15-17,20,23-26H,5,9,11,13-14,29H2,1H3;2-7,9,11,14-15,18,22-25H,8,10,12-13H2,1H3;2-16H,17H2,1H3;1H/q;;;+1;/p-1/b11-9+,18-16?;10-8+;9-7+;;/t17-,21+,24-,25+,26-,27+;16-,17-,20+,23-,24+,25-,26+;15-,18+,22-,23+,24-,25+;;/m111../s1. The Kier molecular flexibility index (Phi) is 28.0. The highest BCUT2D eigenvalue weighted by atomic mass is 35.5. The first-order valence-electron chi connectivity index (χ1n) is 42.2. The third kappa shape index (κ3) is 19.3. The zero-order chi connectivity index (χ0) is 82.0. The molecule has 6 saturated carbocycles. The number of cyclic esters (lactones) is 3. The minimum atomic E-state index is -1.78. The molecule has 3 saturated heterocycles. The Morgan fingerprint density at radius 2 is 0.815 bits per heavy atom. The maximum atomic E-state index is 13.6. The number of hydrogen-bond donors (Lipinski definition) is 1. The third-order valence-corrected chi connectivity index (χ3v) is 31.3. The highest BCUT2D eigenvalue weighted by Crippen LogP contribution is 2.59. The lowest BCUT2D eigenvalue weighted by Gasteiger charge is -2.47. The molecule has 6 aromatic carbocycles. The number of esters is 3. The van der Waals surface area contributed by atoms with E-state index < -0.39 is 7.26 Å². The normalized spacial score (nSPS) is 28.8. The van der Waals surface area contributed by atoms with Gasteiger partial charge in [-0.15, -0.1) is 0 Å². The average molecular weight is 1640 g/mol. The van der Waals surface area contributed by atoms with Gasteiger partial charge in [-0.1, -0.05) is 127 Å². The zero-order valence-corrected chi connectivity index (χ0v) is 69.9. The fourth-order valence-electron chi connectivity index (χ4n) is 21.7. The Labute approximate surface area is 704 Å². The van der Waals surface area contributed by atoms with E-state index in [2.05, 4.69) is 136 Å². The summed E-state index contributed by atoms with van der Waals surface area (Å²) in [5.74, 6) is 3.98. The number of hydrogen-bond acceptors (Lipinski definition) is 13. The molecule has 0 amide bonds. The van der Waals surface area contributed by atoms with Crippen LogP contribution < -0.4 is 34.1 Å². The first-order chi connectivity index (χ1) is 57.4. The number of nitrogens with zero attached hydrogens (tertiary/aromatic N) is 3. The van der Waals surface area contributed by atoms with Gasteiger partial charge in [0.05, 0.1) is 48.2 Å². The molecule has 0 unspecified atom stereocenters. The smallest absolute Gasteiger partial charge is 0.309 e. The number of aromatic nitrogens is 3. The SMILES string of the molecule is COC=C1CC[C@@H]2[C@@H](C1)C[C@H]1C(=O)O[C@H](C)[C@H]1[C@H]2/C=C/c1ccc(-c2cccc(F)c2)cn1.COC[P+](c1ccccc1)(c1ccccc1)c1ccccc1.C[C@H]1OC(=O)[C@@H]2C[C@@H]3CC(=O)CC[C@H]3[C@H](/C=C/c3ccc(-c4cccc(F)c4)cn3)[C@H]12.C[C@H]1OC(=O)[C@@H]2C[C@@H]3C[C@H](CN)CC[C@H]3[C@H](/C=C/c3ccc(-c4cccc(F)c4)cn3)[C@H]12.[Cl-]. The number of Topliss-reactive ketones (excluding diaryl/α,β-unsaturated/α-hetero) is 1. The number of allylic oxidation sites excluding steroid dienone is 4. The van der Waals surface area contributed by atoms with Gasteiger partial charge in [-0.05, 0) is 282 Å². The van der Waals surface area contributed by atoms with E-state index in [4.69, 9.17) is 29.4 Å². The lowest BCUT2D eigenvalue weighted by Crippen LogP contribution is -3.00. The monoisotopic (exact) mass is 1640 g/mol. The van der Waals surface area contributed by atoms with Gasteiger partial charge in [-0.25, -0.2) is 13.2 Å². The summed E-state index contributed by atoms with van der Waals surface area (Å²) in [6.07, 6.45) is 32.0. The van der Waals surface area contributed by atoms with Crippen molar-refractivity contribution in [2.24, 2.45) is 100 Å². The molecule has 0 spiro atoms. The van der Waals surface area contributed by atoms with Gasteiger partial charge in [-0.3, -0.25) is 34.1 Å². The molecular weight excluding hydrogens is 1540 g/mol. The van der Waals surface area contributed by atoms with Crippen LogP contribution in [-0.4, -0.2) is 84.1 Å². The number of ketones is 1. The average Bonchev–Trinajstić information content (AvgIpc) is 1.53. The highest BCUT2D eigenvalue weighted by Gasteiger charge is 2.58. The van der Waals surface area contributed by atoms with Crippen LogP contribution in [0.5, 0.6) is 0 Å². The molecule has 0 radical (unpaired) electrons. The van der Waals surface area contributed by atoms with Gasteiger partial charge in [0.2, 0.25) is 0 Å². The molecule has 119 heavy (non-hydrogen) atoms. The fourth-order valence-corrected chi connectivity index (χ4v) is 25.5. The summed E-state index contributed by atoms with van der Waals surface area (Å²) in [6, 6.07) is 63.6. The van der Waals surface area contributed by atoms with E-state index in [0.29, 0.717) is 66.4 Å². The Morgan fingerprint density at radius 1 is 0.437 bits per heavy atom. The van der Waals surface area contributed by atoms with Crippen molar-refractivity contribution >= 4 is 65.1 Å². The molecule has 618 valence electrons. The van der Waals surface area contributed by atoms with Crippen LogP contribution in [0.2, 0.25) is 0 Å². The molecular formula is C101H107ClF3N4O9P. The van der Waals surface area contributed by atoms with Gasteiger partial charge in [-0.2, -0.15) is 0 Å². The van der Waals surface area contributed by atoms with E-state index in [9.17, 15) is 32.3 Å². The topological polar surface area (TPSA) is 179 Å². The summed E-state index contributed by atoms with van der Waals surface area (Å²) in [6.45, 7) is 6.81. The van der Waals surface area contributed by atoms with Crippen LogP contribution in [0.1, 0.15) is 115 Å². The van der Waals surface area contributed by atoms with Crippen molar-refractivity contribution in [1.82, 2.24) is 15.0 Å². The number of fused-ring (bicyclic) bond motifs is 6. The number of pyridine rings is 3. The van der Waals surface area contributed by atoms with Gasteiger partial charge in [0, 0.05) is 73.0 Å². The summed E-state index contributed by atoms with van der Waals surface area (Å²) >= 11 is 0. The number of rotatable bonds is 16. The van der Waals surface area contributed by atoms with Crippen molar-refractivity contribution in [3.63, 3.8) is 0 Å². The summed E-state index contributed by atoms with van der Waals surface area (Å²) in [4.78, 5) is 63.3. The summed E-state index contributed by atoms with van der Waals surface area (Å²) in [7, 11) is 1.72. The number of nitrogens with two attached hydrogens (primary N) is 1. The van der Waals surface area contributed by atoms with Crippen molar-refractivity contribution in [1.29, 1.82) is 0 Å². The molecule has 6 aliphatic carbocycles. The second-order valence-electron chi connectivity index (χ2n) is 33.9. The van der Waals surface area contributed by atoms with E-state index in [1.54, 1.807) is 51.0 Å². The molecule has 0 bridgehead atoms. The van der Waals surface area contributed by atoms with Crippen LogP contribution in [-0.2, 0) is 42.9 Å². The molecule has 9 aliphatic rings. The van der Waals surface area contributed by atoms with E-state index >= 15 is 0 Å². The van der Waals surface area contributed by atoms with Gasteiger partial charge in [0.25, 0.3) is 0 Å². The maximum absolute atomic E-state index is 13.6. The van der Waals surface area contributed by atoms with Gasteiger partial charge in [0.1, 0.15) is 64.7 Å². The number of benzene rings is 6. The van der Waals surface area contributed by atoms with Crippen molar-refractivity contribution in [2.75, 3.05) is 27.1 Å². The molecule has 19 atom stereocenters. The van der Waals surface area contributed by atoms with Crippen LogP contribution in [0, 0.1) is 112 Å². The third-order valence-electron chi connectivity index (χ3n) is 27.1. The molecule has 3 aliphatic heterocycles. The second-order valence-corrected chi connectivity index (χ2v) is 37.3. The number of halogens is 4. The predicted octanol–water partition coefficient (Wildman–Crippen LogP) is 16.8. The molecule has 9 aromatic rings. The summed E-state index contributed by atoms with van der Waals surface area (Å²) in [5.41, 5.74) is 14.9.